The van der Waals surface area contributed by atoms with E-state index in [0.717, 1.165) is 18.7 Å². The Morgan fingerprint density at radius 1 is 1.03 bits per heavy atom. The first-order valence-corrected chi connectivity index (χ1v) is 12.6. The highest BCUT2D eigenvalue weighted by atomic mass is 35.5. The molecule has 0 saturated carbocycles. The Morgan fingerprint density at radius 3 is 2.57 bits per heavy atom. The van der Waals surface area contributed by atoms with Crippen molar-refractivity contribution in [1.82, 2.24) is 29.5 Å². The molecule has 0 unspecified atom stereocenters. The number of anilines is 4. The third kappa shape index (κ3) is 5.52. The van der Waals surface area contributed by atoms with E-state index in [9.17, 15) is 0 Å². The number of halogens is 2. The fraction of sp³-hybridized carbons (Fsp3) is 0.333. The molecule has 4 heterocycles. The van der Waals surface area contributed by atoms with Gasteiger partial charge < -0.3 is 26.8 Å². The summed E-state index contributed by atoms with van der Waals surface area (Å²) in [6.45, 7) is 4.86. The zero-order valence-electron chi connectivity index (χ0n) is 18.7. The van der Waals surface area contributed by atoms with Crippen LogP contribution >= 0.6 is 34.5 Å². The van der Waals surface area contributed by atoms with E-state index in [1.807, 2.05) is 12.1 Å². The van der Waals surface area contributed by atoms with Crippen LogP contribution in [0.1, 0.15) is 5.82 Å². The average Bonchev–Trinajstić information content (AvgIpc) is 3.39. The lowest BCUT2D eigenvalue weighted by Crippen LogP contribution is -2.35. The molecule has 0 radical (unpaired) electrons. The maximum absolute atomic E-state index is 6.47. The number of ether oxygens (including phenoxy) is 1. The molecule has 6 N–H and O–H groups in total. The molecule has 0 amide bonds. The van der Waals surface area contributed by atoms with Gasteiger partial charge in [0.2, 0.25) is 5.95 Å². The molecule has 14 heteroatoms. The van der Waals surface area contributed by atoms with Gasteiger partial charge in [-0.25, -0.2) is 15.0 Å². The van der Waals surface area contributed by atoms with E-state index in [4.69, 9.17) is 54.5 Å². The number of morpholine rings is 1. The zero-order valence-corrected chi connectivity index (χ0v) is 21.0. The SMILES string of the molecule is Nc1nc(NCCNc2nc(-c3ccc(Cl)cc3Cl)cc3nc(CN4CCOCC4)nn23)sc1N. The minimum atomic E-state index is 0.330. The predicted molar refractivity (Wildman–Crippen MR) is 140 cm³/mol. The van der Waals surface area contributed by atoms with Crippen molar-refractivity contribution < 1.29 is 4.74 Å². The van der Waals surface area contributed by atoms with Gasteiger partial charge in [0.1, 0.15) is 5.00 Å². The monoisotopic (exact) mass is 534 g/mol. The van der Waals surface area contributed by atoms with Crippen LogP contribution in [0, 0.1) is 0 Å². The van der Waals surface area contributed by atoms with E-state index in [-0.39, 0.29) is 0 Å². The maximum atomic E-state index is 6.47. The normalized spacial score (nSPS) is 14.5. The van der Waals surface area contributed by atoms with Crippen molar-refractivity contribution in [2.45, 2.75) is 6.54 Å². The highest BCUT2D eigenvalue weighted by Gasteiger charge is 2.17. The topological polar surface area (TPSA) is 145 Å². The van der Waals surface area contributed by atoms with Crippen LogP contribution in [0.25, 0.3) is 16.9 Å². The van der Waals surface area contributed by atoms with Gasteiger partial charge in [0.05, 0.1) is 30.5 Å². The van der Waals surface area contributed by atoms with Crippen molar-refractivity contribution in [3.8, 4) is 11.3 Å². The molecular weight excluding hydrogens is 511 g/mol. The van der Waals surface area contributed by atoms with Gasteiger partial charge in [0, 0.05) is 42.8 Å². The van der Waals surface area contributed by atoms with Crippen molar-refractivity contribution in [3.05, 3.63) is 40.1 Å². The summed E-state index contributed by atoms with van der Waals surface area (Å²) in [5.74, 6) is 1.59. The molecule has 184 valence electrons. The Kier molecular flexibility index (Phi) is 7.07. The highest BCUT2D eigenvalue weighted by molar-refractivity contribution is 7.19. The van der Waals surface area contributed by atoms with Crippen LogP contribution in [0.15, 0.2) is 24.3 Å². The molecule has 0 bridgehead atoms. The third-order valence-electron chi connectivity index (χ3n) is 5.41. The number of nitrogen functional groups attached to an aromatic ring is 2. The number of nitrogens with one attached hydrogen (secondary N) is 2. The van der Waals surface area contributed by atoms with Crippen molar-refractivity contribution in [3.63, 3.8) is 0 Å². The van der Waals surface area contributed by atoms with E-state index in [2.05, 4.69) is 20.5 Å². The lowest BCUT2D eigenvalue weighted by atomic mass is 10.1. The van der Waals surface area contributed by atoms with Crippen LogP contribution in [-0.2, 0) is 11.3 Å². The van der Waals surface area contributed by atoms with Crippen molar-refractivity contribution in [2.75, 3.05) is 61.5 Å². The summed E-state index contributed by atoms with van der Waals surface area (Å²) in [5.41, 5.74) is 13.6. The molecule has 0 aliphatic carbocycles. The number of fused-ring (bicyclic) bond motifs is 1. The second-order valence-electron chi connectivity index (χ2n) is 7.90. The summed E-state index contributed by atoms with van der Waals surface area (Å²) in [4.78, 5) is 16.0. The van der Waals surface area contributed by atoms with Gasteiger partial charge >= 0.3 is 0 Å². The number of thiazole rings is 1. The molecular formula is C21H24Cl2N10OS. The van der Waals surface area contributed by atoms with Gasteiger partial charge in [-0.1, -0.05) is 34.5 Å². The van der Waals surface area contributed by atoms with Crippen LogP contribution in [0.5, 0.6) is 0 Å². The second kappa shape index (κ2) is 10.4. The van der Waals surface area contributed by atoms with Crippen LogP contribution in [0.4, 0.5) is 21.9 Å². The zero-order chi connectivity index (χ0) is 24.4. The highest BCUT2D eigenvalue weighted by Crippen LogP contribution is 2.31. The summed E-state index contributed by atoms with van der Waals surface area (Å²) in [5, 5.41) is 13.5. The van der Waals surface area contributed by atoms with E-state index in [0.29, 0.717) is 82.0 Å². The molecule has 3 aromatic heterocycles. The summed E-state index contributed by atoms with van der Waals surface area (Å²) < 4.78 is 7.15. The summed E-state index contributed by atoms with van der Waals surface area (Å²) >= 11 is 13.9. The molecule has 1 fully saturated rings. The average molecular weight is 535 g/mol. The van der Waals surface area contributed by atoms with Gasteiger partial charge in [0.15, 0.2) is 22.4 Å². The van der Waals surface area contributed by atoms with E-state index in [1.165, 1.54) is 11.3 Å². The smallest absolute Gasteiger partial charge is 0.226 e. The number of nitrogens with zero attached hydrogens (tertiary/aromatic N) is 6. The first-order valence-electron chi connectivity index (χ1n) is 11.0. The Balaban J connectivity index is 1.40. The quantitative estimate of drug-likeness (QED) is 0.249. The minimum Gasteiger partial charge on any atom is -0.387 e. The summed E-state index contributed by atoms with van der Waals surface area (Å²) in [6.07, 6.45) is 0. The molecule has 0 atom stereocenters. The number of hydrogen-bond acceptors (Lipinski definition) is 11. The second-order valence-corrected chi connectivity index (χ2v) is 9.77. The number of rotatable bonds is 8. The van der Waals surface area contributed by atoms with Crippen LogP contribution < -0.4 is 22.1 Å². The number of nitrogens with two attached hydrogens (primary N) is 2. The molecule has 11 nitrogen and oxygen atoms in total. The molecule has 4 aromatic rings. The molecule has 1 aliphatic heterocycles. The first-order chi connectivity index (χ1) is 17.0. The summed E-state index contributed by atoms with van der Waals surface area (Å²) in [7, 11) is 0. The molecule has 1 aromatic carbocycles. The minimum absolute atomic E-state index is 0.330. The van der Waals surface area contributed by atoms with Crippen molar-refractivity contribution in [1.29, 1.82) is 0 Å². The molecule has 5 rings (SSSR count). The van der Waals surface area contributed by atoms with Gasteiger partial charge in [0.25, 0.3) is 0 Å². The lowest BCUT2D eigenvalue weighted by Gasteiger charge is -2.25. The number of hydrogen-bond donors (Lipinski definition) is 4. The molecule has 0 spiro atoms. The van der Waals surface area contributed by atoms with Crippen LogP contribution in [0.3, 0.4) is 0 Å². The maximum Gasteiger partial charge on any atom is 0.226 e. The van der Waals surface area contributed by atoms with Crippen molar-refractivity contribution in [2.24, 2.45) is 0 Å². The first kappa shape index (κ1) is 23.8. The Bertz CT molecular complexity index is 1320. The Hall–Kier alpha value is -2.90. The fourth-order valence-electron chi connectivity index (χ4n) is 3.67. The summed E-state index contributed by atoms with van der Waals surface area (Å²) in [6, 6.07) is 7.19. The van der Waals surface area contributed by atoms with E-state index in [1.54, 1.807) is 16.6 Å². The van der Waals surface area contributed by atoms with Crippen LogP contribution in [-0.4, -0.2) is 68.9 Å². The standard InChI is InChI=1S/C21H24Cl2N10OS/c22-12-1-2-13(14(23)9-12)15-10-17-29-16(11-32-5-7-34-8-6-32)31-33(17)20(28-15)26-3-4-27-21-30-18(24)19(25)35-21/h1-2,9-10H,3-8,11,24-25H2,(H,26,28)(H,27,30). The largest absolute Gasteiger partial charge is 0.387 e. The third-order valence-corrected chi connectivity index (χ3v) is 6.82. The molecule has 1 aliphatic rings. The van der Waals surface area contributed by atoms with E-state index < -0.39 is 0 Å². The van der Waals surface area contributed by atoms with Crippen LogP contribution in [0.2, 0.25) is 10.0 Å². The van der Waals surface area contributed by atoms with Crippen molar-refractivity contribution >= 4 is 62.1 Å². The lowest BCUT2D eigenvalue weighted by molar-refractivity contribution is 0.0331. The van der Waals surface area contributed by atoms with Gasteiger partial charge in [-0.15, -0.1) is 5.10 Å². The molecule has 1 saturated heterocycles. The molecule has 35 heavy (non-hydrogen) atoms. The Morgan fingerprint density at radius 2 is 1.83 bits per heavy atom. The van der Waals surface area contributed by atoms with Gasteiger partial charge in [-0.2, -0.15) is 4.52 Å². The van der Waals surface area contributed by atoms with Gasteiger partial charge in [-0.05, 0) is 18.2 Å². The van der Waals surface area contributed by atoms with Gasteiger partial charge in [-0.3, -0.25) is 4.90 Å². The Labute approximate surface area is 215 Å². The predicted octanol–water partition coefficient (Wildman–Crippen LogP) is 3.08. The number of benzene rings is 1. The fourth-order valence-corrected chi connectivity index (χ4v) is 4.85. The number of aromatic nitrogens is 5. The van der Waals surface area contributed by atoms with E-state index >= 15 is 0 Å².